The molecule has 1 aliphatic heterocycles. The zero-order valence-electron chi connectivity index (χ0n) is 12.5. The normalized spacial score (nSPS) is 18.6. The van der Waals surface area contributed by atoms with Crippen molar-refractivity contribution in [2.24, 2.45) is 5.73 Å². The maximum atomic E-state index is 12.0. The molecule has 5 heteroatoms. The van der Waals surface area contributed by atoms with Gasteiger partial charge in [-0.15, -0.1) is 0 Å². The molecular weight excluding hydrogens is 282 g/mol. The van der Waals surface area contributed by atoms with E-state index in [2.05, 4.69) is 17.1 Å². The summed E-state index contributed by atoms with van der Waals surface area (Å²) in [4.78, 5) is 14.8. The van der Waals surface area contributed by atoms with E-state index in [9.17, 15) is 4.79 Å². The minimum Gasteiger partial charge on any atom is -0.389 e. The first-order valence-electron chi connectivity index (χ1n) is 7.54. The zero-order valence-corrected chi connectivity index (χ0v) is 13.3. The monoisotopic (exact) mass is 305 g/mol. The van der Waals surface area contributed by atoms with E-state index in [1.807, 2.05) is 24.3 Å². The molecule has 1 fully saturated rings. The molecule has 4 nitrogen and oxygen atoms in total. The van der Waals surface area contributed by atoms with Gasteiger partial charge in [-0.25, -0.2) is 0 Å². The number of anilines is 1. The smallest absolute Gasteiger partial charge is 0.225 e. The lowest BCUT2D eigenvalue weighted by Crippen LogP contribution is -2.31. The van der Waals surface area contributed by atoms with Crippen LogP contribution in [0.5, 0.6) is 0 Å². The molecule has 0 saturated carbocycles. The number of rotatable bonds is 6. The van der Waals surface area contributed by atoms with Crippen molar-refractivity contribution < 1.29 is 4.79 Å². The van der Waals surface area contributed by atoms with Gasteiger partial charge in [0.1, 0.15) is 4.99 Å². The van der Waals surface area contributed by atoms with E-state index in [0.29, 0.717) is 17.5 Å². The highest BCUT2D eigenvalue weighted by Gasteiger charge is 2.22. The van der Waals surface area contributed by atoms with Gasteiger partial charge in [-0.3, -0.25) is 9.69 Å². The Bertz CT molecular complexity index is 501. The van der Waals surface area contributed by atoms with Gasteiger partial charge in [0.15, 0.2) is 0 Å². The van der Waals surface area contributed by atoms with Gasteiger partial charge in [0.2, 0.25) is 5.91 Å². The second-order valence-electron chi connectivity index (χ2n) is 5.48. The third-order valence-electron chi connectivity index (χ3n) is 4.05. The minimum atomic E-state index is 0.0554. The number of nitrogens with two attached hydrogens (primary N) is 1. The van der Waals surface area contributed by atoms with Crippen molar-refractivity contribution in [2.45, 2.75) is 38.6 Å². The molecule has 3 N–H and O–H groups in total. The van der Waals surface area contributed by atoms with Gasteiger partial charge in [-0.2, -0.15) is 0 Å². The van der Waals surface area contributed by atoms with Crippen LogP contribution in [0.15, 0.2) is 24.3 Å². The summed E-state index contributed by atoms with van der Waals surface area (Å²) in [6.07, 6.45) is 4.22. The molecule has 1 heterocycles. The van der Waals surface area contributed by atoms with Gasteiger partial charge >= 0.3 is 0 Å². The van der Waals surface area contributed by atoms with Crippen LogP contribution in [0.1, 0.15) is 38.2 Å². The Morgan fingerprint density at radius 3 is 2.76 bits per heavy atom. The first-order valence-corrected chi connectivity index (χ1v) is 7.94. The van der Waals surface area contributed by atoms with Crippen molar-refractivity contribution in [1.82, 2.24) is 4.90 Å². The first kappa shape index (κ1) is 15.9. The number of nitrogens with zero attached hydrogens (tertiary/aromatic N) is 1. The zero-order chi connectivity index (χ0) is 15.2. The van der Waals surface area contributed by atoms with Gasteiger partial charge in [0.05, 0.1) is 0 Å². The summed E-state index contributed by atoms with van der Waals surface area (Å²) in [6, 6.07) is 7.97. The number of amides is 1. The van der Waals surface area contributed by atoms with E-state index in [-0.39, 0.29) is 5.91 Å². The van der Waals surface area contributed by atoms with Crippen molar-refractivity contribution >= 4 is 28.8 Å². The van der Waals surface area contributed by atoms with Crippen molar-refractivity contribution in [3.05, 3.63) is 29.8 Å². The predicted octanol–water partition coefficient (Wildman–Crippen LogP) is 2.52. The quantitative estimate of drug-likeness (QED) is 0.793. The van der Waals surface area contributed by atoms with Crippen LogP contribution < -0.4 is 11.1 Å². The first-order chi connectivity index (χ1) is 10.1. The highest BCUT2D eigenvalue weighted by molar-refractivity contribution is 7.80. The molecule has 1 aromatic rings. The van der Waals surface area contributed by atoms with Crippen LogP contribution in [-0.4, -0.2) is 34.9 Å². The Morgan fingerprint density at radius 2 is 2.14 bits per heavy atom. The van der Waals surface area contributed by atoms with E-state index in [0.717, 1.165) is 24.3 Å². The highest BCUT2D eigenvalue weighted by Crippen LogP contribution is 2.19. The lowest BCUT2D eigenvalue weighted by molar-refractivity contribution is -0.116. The molecule has 1 aromatic carbocycles. The average Bonchev–Trinajstić information content (AvgIpc) is 2.93. The summed E-state index contributed by atoms with van der Waals surface area (Å²) in [7, 11) is 0. The molecule has 0 radical (unpaired) electrons. The minimum absolute atomic E-state index is 0.0554. The molecule has 1 atom stereocenters. The van der Waals surface area contributed by atoms with Crippen LogP contribution >= 0.6 is 12.2 Å². The van der Waals surface area contributed by atoms with E-state index in [1.54, 1.807) is 0 Å². The predicted molar refractivity (Wildman–Crippen MR) is 90.5 cm³/mol. The fraction of sp³-hybridized carbons (Fsp3) is 0.500. The fourth-order valence-electron chi connectivity index (χ4n) is 2.84. The Kier molecular flexibility index (Phi) is 5.70. The summed E-state index contributed by atoms with van der Waals surface area (Å²) < 4.78 is 0. The van der Waals surface area contributed by atoms with Gasteiger partial charge in [-0.1, -0.05) is 19.1 Å². The third kappa shape index (κ3) is 4.51. The highest BCUT2D eigenvalue weighted by atomic mass is 32.1. The number of likely N-dealkylation sites (tertiary alicyclic amines) is 1. The Labute approximate surface area is 131 Å². The molecule has 0 aromatic heterocycles. The summed E-state index contributed by atoms with van der Waals surface area (Å²) in [5.74, 6) is 0.0554. The Balaban J connectivity index is 1.80. The van der Waals surface area contributed by atoms with Crippen LogP contribution in [0.2, 0.25) is 0 Å². The molecular formula is C16H23N3OS. The average molecular weight is 305 g/mol. The van der Waals surface area contributed by atoms with Crippen LogP contribution in [0, 0.1) is 0 Å². The van der Waals surface area contributed by atoms with Gasteiger partial charge in [-0.05, 0) is 50.1 Å². The summed E-state index contributed by atoms with van der Waals surface area (Å²) in [5, 5.41) is 2.92. The summed E-state index contributed by atoms with van der Waals surface area (Å²) in [5.41, 5.74) is 7.14. The number of carbonyl (C=O) groups is 1. The fourth-order valence-corrected chi connectivity index (χ4v) is 2.97. The van der Waals surface area contributed by atoms with Crippen molar-refractivity contribution in [3.63, 3.8) is 0 Å². The maximum absolute atomic E-state index is 12.0. The number of benzene rings is 1. The SMILES string of the molecule is CCC1CCCN1CCC(=O)Nc1ccc(C(N)=S)cc1. The molecule has 1 saturated heterocycles. The molecule has 114 valence electrons. The summed E-state index contributed by atoms with van der Waals surface area (Å²) in [6.45, 7) is 4.18. The lowest BCUT2D eigenvalue weighted by atomic mass is 10.1. The maximum Gasteiger partial charge on any atom is 0.225 e. The molecule has 21 heavy (non-hydrogen) atoms. The number of thiocarbonyl (C=S) groups is 1. The Hall–Kier alpha value is -1.46. The van der Waals surface area contributed by atoms with Crippen molar-refractivity contribution in [2.75, 3.05) is 18.4 Å². The van der Waals surface area contributed by atoms with Gasteiger partial charge < -0.3 is 11.1 Å². The summed E-state index contributed by atoms with van der Waals surface area (Å²) >= 11 is 4.90. The van der Waals surface area contributed by atoms with E-state index < -0.39 is 0 Å². The largest absolute Gasteiger partial charge is 0.389 e. The topological polar surface area (TPSA) is 58.4 Å². The molecule has 0 aliphatic carbocycles. The number of hydrogen-bond donors (Lipinski definition) is 2. The van der Waals surface area contributed by atoms with Crippen LogP contribution in [0.4, 0.5) is 5.69 Å². The number of nitrogens with one attached hydrogen (secondary N) is 1. The molecule has 0 bridgehead atoms. The number of hydrogen-bond acceptors (Lipinski definition) is 3. The standard InChI is InChI=1S/C16H23N3OS/c1-2-14-4-3-10-19(14)11-9-15(20)18-13-7-5-12(6-8-13)16(17)21/h5-8,14H,2-4,9-11H2,1H3,(H2,17,21)(H,18,20). The van der Waals surface area contributed by atoms with Gasteiger partial charge in [0, 0.05) is 30.3 Å². The second kappa shape index (κ2) is 7.52. The van der Waals surface area contributed by atoms with Crippen LogP contribution in [0.25, 0.3) is 0 Å². The van der Waals surface area contributed by atoms with E-state index in [4.69, 9.17) is 18.0 Å². The van der Waals surface area contributed by atoms with Crippen molar-refractivity contribution in [1.29, 1.82) is 0 Å². The second-order valence-corrected chi connectivity index (χ2v) is 5.92. The molecule has 1 amide bonds. The van der Waals surface area contributed by atoms with Crippen LogP contribution in [-0.2, 0) is 4.79 Å². The number of carbonyl (C=O) groups excluding carboxylic acids is 1. The Morgan fingerprint density at radius 1 is 1.43 bits per heavy atom. The molecule has 1 aliphatic rings. The van der Waals surface area contributed by atoms with Gasteiger partial charge in [0.25, 0.3) is 0 Å². The molecule has 1 unspecified atom stereocenters. The van der Waals surface area contributed by atoms with Crippen molar-refractivity contribution in [3.8, 4) is 0 Å². The third-order valence-corrected chi connectivity index (χ3v) is 4.29. The lowest BCUT2D eigenvalue weighted by Gasteiger charge is -2.22. The molecule has 0 spiro atoms. The molecule has 2 rings (SSSR count). The van der Waals surface area contributed by atoms with E-state index >= 15 is 0 Å². The van der Waals surface area contributed by atoms with E-state index in [1.165, 1.54) is 19.3 Å². The van der Waals surface area contributed by atoms with Crippen LogP contribution in [0.3, 0.4) is 0 Å².